The number of anilines is 1. The molecule has 22 heavy (non-hydrogen) atoms. The molecule has 6 nitrogen and oxygen atoms in total. The molecule has 7 heteroatoms. The first kappa shape index (κ1) is 16.0. The highest BCUT2D eigenvalue weighted by atomic mass is 19.1. The van der Waals surface area contributed by atoms with E-state index in [1.807, 2.05) is 4.90 Å². The maximum atomic E-state index is 14.2. The summed E-state index contributed by atoms with van der Waals surface area (Å²) in [6.07, 6.45) is 5.94. The SMILES string of the molecule is C#CCCN1CCN(c2cc(OC)c([N+](=O)[O-])cc2F)CC1. The van der Waals surface area contributed by atoms with Crippen molar-refractivity contribution in [2.75, 3.05) is 44.7 Å². The summed E-state index contributed by atoms with van der Waals surface area (Å²) < 4.78 is 19.2. The minimum absolute atomic E-state index is 0.0659. The van der Waals surface area contributed by atoms with Crippen molar-refractivity contribution in [1.29, 1.82) is 0 Å². The number of ether oxygens (including phenoxy) is 1. The molecule has 1 heterocycles. The molecule has 1 aliphatic rings. The molecular formula is C15H18FN3O3. The van der Waals surface area contributed by atoms with Gasteiger partial charge in [-0.2, -0.15) is 0 Å². The molecule has 1 fully saturated rings. The molecule has 0 amide bonds. The van der Waals surface area contributed by atoms with Crippen LogP contribution in [-0.4, -0.2) is 49.7 Å². The topological polar surface area (TPSA) is 58.8 Å². The van der Waals surface area contributed by atoms with Gasteiger partial charge in [0.25, 0.3) is 0 Å². The molecule has 1 saturated heterocycles. The van der Waals surface area contributed by atoms with Gasteiger partial charge in [-0.1, -0.05) is 0 Å². The van der Waals surface area contributed by atoms with Gasteiger partial charge in [0, 0.05) is 45.2 Å². The highest BCUT2D eigenvalue weighted by molar-refractivity contribution is 5.60. The van der Waals surface area contributed by atoms with Crippen molar-refractivity contribution in [2.45, 2.75) is 6.42 Å². The average Bonchev–Trinajstić information content (AvgIpc) is 2.53. The van der Waals surface area contributed by atoms with E-state index in [-0.39, 0.29) is 11.4 Å². The largest absolute Gasteiger partial charge is 0.490 e. The first-order valence-corrected chi connectivity index (χ1v) is 6.99. The fraction of sp³-hybridized carbons (Fsp3) is 0.467. The van der Waals surface area contributed by atoms with E-state index in [2.05, 4.69) is 10.8 Å². The molecule has 0 atom stereocenters. The number of nitro groups is 1. The summed E-state index contributed by atoms with van der Waals surface area (Å²) in [4.78, 5) is 14.3. The fourth-order valence-electron chi connectivity index (χ4n) is 2.52. The second kappa shape index (κ2) is 7.09. The van der Waals surface area contributed by atoms with E-state index >= 15 is 0 Å². The minimum Gasteiger partial charge on any atom is -0.490 e. The van der Waals surface area contributed by atoms with Crippen LogP contribution in [0.5, 0.6) is 5.75 Å². The van der Waals surface area contributed by atoms with Crippen LogP contribution in [0.1, 0.15) is 6.42 Å². The van der Waals surface area contributed by atoms with Gasteiger partial charge in [0.15, 0.2) is 11.6 Å². The second-order valence-electron chi connectivity index (χ2n) is 5.02. The van der Waals surface area contributed by atoms with Gasteiger partial charge in [0.1, 0.15) is 0 Å². The first-order valence-electron chi connectivity index (χ1n) is 6.99. The third kappa shape index (κ3) is 3.46. The van der Waals surface area contributed by atoms with Gasteiger partial charge < -0.3 is 9.64 Å². The Balaban J connectivity index is 2.14. The molecule has 2 rings (SSSR count). The summed E-state index contributed by atoms with van der Waals surface area (Å²) in [7, 11) is 1.34. The van der Waals surface area contributed by atoms with Crippen LogP contribution in [0.3, 0.4) is 0 Å². The Hall–Kier alpha value is -2.33. The standard InChI is InChI=1S/C15H18FN3O3/c1-3-4-5-17-6-8-18(9-7-17)13-11-15(22-2)14(19(20)21)10-12(13)16/h1,10-11H,4-9H2,2H3. The van der Waals surface area contributed by atoms with Gasteiger partial charge in [-0.25, -0.2) is 4.39 Å². The number of hydrogen-bond donors (Lipinski definition) is 0. The maximum Gasteiger partial charge on any atom is 0.313 e. The number of terminal acetylenes is 1. The van der Waals surface area contributed by atoms with E-state index in [1.54, 1.807) is 0 Å². The van der Waals surface area contributed by atoms with Gasteiger partial charge in [0.05, 0.1) is 23.8 Å². The molecule has 0 unspecified atom stereocenters. The van der Waals surface area contributed by atoms with Crippen LogP contribution < -0.4 is 9.64 Å². The summed E-state index contributed by atoms with van der Waals surface area (Å²) in [5, 5.41) is 10.9. The van der Waals surface area contributed by atoms with Crippen LogP contribution in [0.4, 0.5) is 15.8 Å². The lowest BCUT2D eigenvalue weighted by Crippen LogP contribution is -2.46. The van der Waals surface area contributed by atoms with E-state index in [9.17, 15) is 14.5 Å². The highest BCUT2D eigenvalue weighted by Gasteiger charge is 2.24. The molecule has 0 saturated carbocycles. The molecule has 0 spiro atoms. The van der Waals surface area contributed by atoms with Crippen LogP contribution >= 0.6 is 0 Å². The Kier molecular flexibility index (Phi) is 5.17. The molecule has 0 bridgehead atoms. The lowest BCUT2D eigenvalue weighted by atomic mass is 10.2. The summed E-state index contributed by atoms with van der Waals surface area (Å²) in [5.74, 6) is 2.06. The summed E-state index contributed by atoms with van der Waals surface area (Å²) in [6, 6.07) is 2.31. The maximum absolute atomic E-state index is 14.2. The molecule has 1 aromatic carbocycles. The Labute approximate surface area is 128 Å². The van der Waals surface area contributed by atoms with Crippen LogP contribution in [0.25, 0.3) is 0 Å². The van der Waals surface area contributed by atoms with Crippen LogP contribution in [0.2, 0.25) is 0 Å². The van der Waals surface area contributed by atoms with E-state index in [4.69, 9.17) is 11.2 Å². The molecular weight excluding hydrogens is 289 g/mol. The predicted octanol–water partition coefficient (Wildman–Crippen LogP) is 1.89. The van der Waals surface area contributed by atoms with Gasteiger partial charge in [-0.05, 0) is 0 Å². The zero-order valence-electron chi connectivity index (χ0n) is 12.4. The molecule has 0 aromatic heterocycles. The molecule has 0 radical (unpaired) electrons. The van der Waals surface area contributed by atoms with Crippen LogP contribution in [0, 0.1) is 28.3 Å². The number of benzene rings is 1. The number of nitrogens with zero attached hydrogens (tertiary/aromatic N) is 3. The van der Waals surface area contributed by atoms with Crippen molar-refractivity contribution < 1.29 is 14.1 Å². The van der Waals surface area contributed by atoms with E-state index in [0.29, 0.717) is 25.2 Å². The van der Waals surface area contributed by atoms with Gasteiger partial charge in [-0.15, -0.1) is 12.3 Å². The molecule has 1 aromatic rings. The van der Waals surface area contributed by atoms with E-state index < -0.39 is 10.7 Å². The van der Waals surface area contributed by atoms with Gasteiger partial charge in [-0.3, -0.25) is 15.0 Å². The molecule has 1 aliphatic heterocycles. The zero-order valence-corrected chi connectivity index (χ0v) is 12.4. The number of nitro benzene ring substituents is 1. The van der Waals surface area contributed by atoms with Crippen molar-refractivity contribution in [3.8, 4) is 18.1 Å². The van der Waals surface area contributed by atoms with Crippen molar-refractivity contribution >= 4 is 11.4 Å². The number of rotatable bonds is 5. The number of halogens is 1. The van der Waals surface area contributed by atoms with Crippen molar-refractivity contribution in [1.82, 2.24) is 4.90 Å². The third-order valence-corrected chi connectivity index (χ3v) is 3.73. The first-order chi connectivity index (χ1) is 10.6. The van der Waals surface area contributed by atoms with Crippen molar-refractivity contribution in [2.24, 2.45) is 0 Å². The second-order valence-corrected chi connectivity index (χ2v) is 5.02. The average molecular weight is 307 g/mol. The van der Waals surface area contributed by atoms with E-state index in [0.717, 1.165) is 25.7 Å². The highest BCUT2D eigenvalue weighted by Crippen LogP contribution is 2.34. The molecule has 118 valence electrons. The predicted molar refractivity (Wildman–Crippen MR) is 81.7 cm³/mol. The Morgan fingerprint density at radius 3 is 2.64 bits per heavy atom. The summed E-state index contributed by atoms with van der Waals surface area (Å²) in [5.41, 5.74) is -0.0320. The number of hydrogen-bond acceptors (Lipinski definition) is 5. The number of methoxy groups -OCH3 is 1. The van der Waals surface area contributed by atoms with Crippen molar-refractivity contribution in [3.05, 3.63) is 28.1 Å². The summed E-state index contributed by atoms with van der Waals surface area (Å²) >= 11 is 0. The Bertz CT molecular complexity index is 592. The minimum atomic E-state index is -0.649. The monoisotopic (exact) mass is 307 g/mol. The smallest absolute Gasteiger partial charge is 0.313 e. The van der Waals surface area contributed by atoms with E-state index in [1.165, 1.54) is 13.2 Å². The lowest BCUT2D eigenvalue weighted by molar-refractivity contribution is -0.385. The number of piperazine rings is 1. The van der Waals surface area contributed by atoms with Crippen LogP contribution in [0.15, 0.2) is 12.1 Å². The van der Waals surface area contributed by atoms with Crippen molar-refractivity contribution in [3.63, 3.8) is 0 Å². The normalized spacial score (nSPS) is 15.4. The van der Waals surface area contributed by atoms with Gasteiger partial charge >= 0.3 is 5.69 Å². The molecule has 0 N–H and O–H groups in total. The van der Waals surface area contributed by atoms with Crippen LogP contribution in [-0.2, 0) is 0 Å². The molecule has 0 aliphatic carbocycles. The quantitative estimate of drug-likeness (QED) is 0.472. The fourth-order valence-corrected chi connectivity index (χ4v) is 2.52. The third-order valence-electron chi connectivity index (χ3n) is 3.73. The Morgan fingerprint density at radius 2 is 2.09 bits per heavy atom. The Morgan fingerprint density at radius 1 is 1.41 bits per heavy atom. The summed E-state index contributed by atoms with van der Waals surface area (Å²) in [6.45, 7) is 3.67. The van der Waals surface area contributed by atoms with Gasteiger partial charge in [0.2, 0.25) is 0 Å². The zero-order chi connectivity index (χ0) is 16.1. The lowest BCUT2D eigenvalue weighted by Gasteiger charge is -2.36.